The van der Waals surface area contributed by atoms with E-state index in [4.69, 9.17) is 22.1 Å². The Kier molecular flexibility index (Phi) is 3.51. The summed E-state index contributed by atoms with van der Waals surface area (Å²) < 4.78 is 5.08. The van der Waals surface area contributed by atoms with Crippen LogP contribution in [0.4, 0.5) is 0 Å². The molecule has 1 rings (SSSR count). The largest absolute Gasteiger partial charge is 0.481 e. The van der Waals surface area contributed by atoms with Gasteiger partial charge < -0.3 is 10.5 Å². The first-order valence-corrected chi connectivity index (χ1v) is 4.46. The van der Waals surface area contributed by atoms with E-state index in [9.17, 15) is 0 Å². The van der Waals surface area contributed by atoms with Crippen LogP contribution >= 0.6 is 11.6 Å². The number of aromatic nitrogens is 1. The third-order valence-corrected chi connectivity index (χ3v) is 2.03. The summed E-state index contributed by atoms with van der Waals surface area (Å²) in [4.78, 5) is 4.05. The van der Waals surface area contributed by atoms with E-state index >= 15 is 0 Å². The first-order chi connectivity index (χ1) is 6.15. The van der Waals surface area contributed by atoms with Crippen LogP contribution in [0.1, 0.15) is 12.5 Å². The van der Waals surface area contributed by atoms with E-state index in [0.29, 0.717) is 17.3 Å². The molecule has 0 bridgehead atoms. The van der Waals surface area contributed by atoms with Crippen LogP contribution < -0.4 is 10.5 Å². The lowest BCUT2D eigenvalue weighted by molar-refractivity contribution is 0.391. The van der Waals surface area contributed by atoms with E-state index in [1.54, 1.807) is 19.4 Å². The van der Waals surface area contributed by atoms with Gasteiger partial charge in [0.25, 0.3) is 0 Å². The molecule has 72 valence electrons. The van der Waals surface area contributed by atoms with Crippen molar-refractivity contribution in [1.29, 1.82) is 0 Å². The van der Waals surface area contributed by atoms with Gasteiger partial charge in [-0.05, 0) is 19.4 Å². The van der Waals surface area contributed by atoms with Crippen molar-refractivity contribution in [3.63, 3.8) is 0 Å². The van der Waals surface area contributed by atoms with Gasteiger partial charge in [0.15, 0.2) is 0 Å². The van der Waals surface area contributed by atoms with Crippen LogP contribution in [0.15, 0.2) is 12.3 Å². The van der Waals surface area contributed by atoms with Gasteiger partial charge in [-0.25, -0.2) is 4.98 Å². The van der Waals surface area contributed by atoms with Gasteiger partial charge in [0.2, 0.25) is 5.88 Å². The van der Waals surface area contributed by atoms with E-state index in [-0.39, 0.29) is 6.04 Å². The average Bonchev–Trinajstić information content (AvgIpc) is 2.08. The molecular formula is C9H13ClN2O. The molecule has 3 nitrogen and oxygen atoms in total. The first kappa shape index (κ1) is 10.3. The summed E-state index contributed by atoms with van der Waals surface area (Å²) >= 11 is 5.98. The highest BCUT2D eigenvalue weighted by atomic mass is 35.5. The average molecular weight is 201 g/mol. The molecule has 0 amide bonds. The molecule has 1 aromatic rings. The van der Waals surface area contributed by atoms with Gasteiger partial charge in [0.05, 0.1) is 12.1 Å². The SMILES string of the molecule is COc1nccc(Cl)c1C[C@@H](C)N. The number of halogens is 1. The highest BCUT2D eigenvalue weighted by Crippen LogP contribution is 2.24. The van der Waals surface area contributed by atoms with E-state index in [1.807, 2.05) is 6.92 Å². The Morgan fingerprint density at radius 1 is 1.69 bits per heavy atom. The number of pyridine rings is 1. The third-order valence-electron chi connectivity index (χ3n) is 1.68. The smallest absolute Gasteiger partial charge is 0.217 e. The summed E-state index contributed by atoms with van der Waals surface area (Å²) in [6, 6.07) is 1.79. The molecule has 0 aliphatic carbocycles. The lowest BCUT2D eigenvalue weighted by atomic mass is 10.1. The summed E-state index contributed by atoms with van der Waals surface area (Å²) in [6.45, 7) is 1.92. The van der Waals surface area contributed by atoms with Gasteiger partial charge in [-0.3, -0.25) is 0 Å². The molecule has 1 heterocycles. The summed E-state index contributed by atoms with van der Waals surface area (Å²) in [5.41, 5.74) is 6.55. The van der Waals surface area contributed by atoms with Gasteiger partial charge in [0, 0.05) is 17.8 Å². The van der Waals surface area contributed by atoms with Crippen LogP contribution in [-0.2, 0) is 6.42 Å². The van der Waals surface area contributed by atoms with Crippen molar-refractivity contribution >= 4 is 11.6 Å². The fraction of sp³-hybridized carbons (Fsp3) is 0.444. The molecule has 4 heteroatoms. The van der Waals surface area contributed by atoms with Crippen LogP contribution in [0.5, 0.6) is 5.88 Å². The van der Waals surface area contributed by atoms with Crippen molar-refractivity contribution in [2.75, 3.05) is 7.11 Å². The number of nitrogens with two attached hydrogens (primary N) is 1. The molecule has 0 aromatic carbocycles. The molecule has 0 unspecified atom stereocenters. The zero-order valence-corrected chi connectivity index (χ0v) is 8.51. The Bertz CT molecular complexity index is 289. The zero-order chi connectivity index (χ0) is 9.84. The lowest BCUT2D eigenvalue weighted by Gasteiger charge is -2.10. The van der Waals surface area contributed by atoms with Crippen molar-refractivity contribution in [1.82, 2.24) is 4.98 Å². The fourth-order valence-corrected chi connectivity index (χ4v) is 1.35. The predicted octanol–water partition coefficient (Wildman–Crippen LogP) is 1.63. The second-order valence-electron chi connectivity index (χ2n) is 2.96. The van der Waals surface area contributed by atoms with Crippen molar-refractivity contribution in [3.05, 3.63) is 22.8 Å². The second-order valence-corrected chi connectivity index (χ2v) is 3.37. The number of hydrogen-bond donors (Lipinski definition) is 1. The Labute approximate surface area is 82.9 Å². The number of hydrogen-bond acceptors (Lipinski definition) is 3. The minimum absolute atomic E-state index is 0.0515. The molecule has 2 N–H and O–H groups in total. The highest BCUT2D eigenvalue weighted by Gasteiger charge is 2.10. The predicted molar refractivity (Wildman–Crippen MR) is 53.2 cm³/mol. The molecule has 1 atom stereocenters. The molecule has 0 radical (unpaired) electrons. The van der Waals surface area contributed by atoms with E-state index < -0.39 is 0 Å². The summed E-state index contributed by atoms with van der Waals surface area (Å²) in [7, 11) is 1.57. The van der Waals surface area contributed by atoms with E-state index in [2.05, 4.69) is 4.98 Å². The van der Waals surface area contributed by atoms with Gasteiger partial charge in [-0.2, -0.15) is 0 Å². The molecule has 0 spiro atoms. The molecule has 0 aliphatic rings. The maximum Gasteiger partial charge on any atom is 0.217 e. The number of ether oxygens (including phenoxy) is 1. The molecule has 0 fully saturated rings. The standard InChI is InChI=1S/C9H13ClN2O/c1-6(11)5-7-8(10)3-4-12-9(7)13-2/h3-4,6H,5,11H2,1-2H3/t6-/m1/s1. The molecule has 0 saturated carbocycles. The number of rotatable bonds is 3. The Morgan fingerprint density at radius 3 is 2.92 bits per heavy atom. The van der Waals surface area contributed by atoms with Crippen molar-refractivity contribution in [3.8, 4) is 5.88 Å². The molecule has 0 aliphatic heterocycles. The van der Waals surface area contributed by atoms with Gasteiger partial charge in [-0.15, -0.1) is 0 Å². The van der Waals surface area contributed by atoms with Crippen LogP contribution in [0, 0.1) is 0 Å². The molecule has 1 aromatic heterocycles. The van der Waals surface area contributed by atoms with Crippen LogP contribution in [0.25, 0.3) is 0 Å². The van der Waals surface area contributed by atoms with Crippen molar-refractivity contribution < 1.29 is 4.74 Å². The van der Waals surface area contributed by atoms with Crippen molar-refractivity contribution in [2.24, 2.45) is 5.73 Å². The maximum atomic E-state index is 5.98. The normalized spacial score (nSPS) is 12.6. The lowest BCUT2D eigenvalue weighted by Crippen LogP contribution is -2.18. The number of nitrogens with zero attached hydrogens (tertiary/aromatic N) is 1. The Hall–Kier alpha value is -0.800. The third kappa shape index (κ3) is 2.57. The minimum Gasteiger partial charge on any atom is -0.481 e. The maximum absolute atomic E-state index is 5.98. The fourth-order valence-electron chi connectivity index (χ4n) is 1.13. The molecule has 0 saturated heterocycles. The van der Waals surface area contributed by atoms with Crippen molar-refractivity contribution in [2.45, 2.75) is 19.4 Å². The first-order valence-electron chi connectivity index (χ1n) is 4.08. The summed E-state index contributed by atoms with van der Waals surface area (Å²) in [6.07, 6.45) is 2.29. The Morgan fingerprint density at radius 2 is 2.38 bits per heavy atom. The van der Waals surface area contributed by atoms with Crippen LogP contribution in [0.2, 0.25) is 5.02 Å². The van der Waals surface area contributed by atoms with E-state index in [1.165, 1.54) is 0 Å². The zero-order valence-electron chi connectivity index (χ0n) is 7.75. The topological polar surface area (TPSA) is 48.1 Å². The second kappa shape index (κ2) is 4.44. The highest BCUT2D eigenvalue weighted by molar-refractivity contribution is 6.31. The molecular weight excluding hydrogens is 188 g/mol. The van der Waals surface area contributed by atoms with E-state index in [0.717, 1.165) is 5.56 Å². The quantitative estimate of drug-likeness (QED) is 0.807. The minimum atomic E-state index is 0.0515. The van der Waals surface area contributed by atoms with Gasteiger partial charge in [0.1, 0.15) is 0 Å². The summed E-state index contributed by atoms with van der Waals surface area (Å²) in [5, 5.41) is 0.657. The van der Waals surface area contributed by atoms with Crippen LogP contribution in [-0.4, -0.2) is 18.1 Å². The Balaban J connectivity index is 3.00. The summed E-state index contributed by atoms with van der Waals surface area (Å²) in [5.74, 6) is 0.560. The van der Waals surface area contributed by atoms with Gasteiger partial charge >= 0.3 is 0 Å². The van der Waals surface area contributed by atoms with Gasteiger partial charge in [-0.1, -0.05) is 11.6 Å². The monoisotopic (exact) mass is 200 g/mol. The number of methoxy groups -OCH3 is 1. The molecule has 13 heavy (non-hydrogen) atoms. The van der Waals surface area contributed by atoms with Crippen LogP contribution in [0.3, 0.4) is 0 Å².